The molecule has 0 spiro atoms. The minimum Gasteiger partial charge on any atom is -0.368 e. The maximum Gasteiger partial charge on any atom is 0.223 e. The van der Waals surface area contributed by atoms with Crippen molar-refractivity contribution in [1.29, 1.82) is 0 Å². The molecule has 0 N–H and O–H groups in total. The molecular formula is C20H24N2O3S. The number of amides is 1. The van der Waals surface area contributed by atoms with Crippen LogP contribution in [-0.2, 0) is 14.6 Å². The van der Waals surface area contributed by atoms with Crippen molar-refractivity contribution in [1.82, 2.24) is 4.90 Å². The fraction of sp³-hybridized carbons (Fsp3) is 0.350. The maximum atomic E-state index is 12.4. The van der Waals surface area contributed by atoms with Crippen molar-refractivity contribution in [3.8, 4) is 0 Å². The molecular weight excluding hydrogens is 348 g/mol. The van der Waals surface area contributed by atoms with Gasteiger partial charge in [0.25, 0.3) is 0 Å². The highest BCUT2D eigenvalue weighted by Crippen LogP contribution is 2.18. The summed E-state index contributed by atoms with van der Waals surface area (Å²) in [5.74, 6) is -0.234. The van der Waals surface area contributed by atoms with Crippen LogP contribution < -0.4 is 4.90 Å². The largest absolute Gasteiger partial charge is 0.368 e. The van der Waals surface area contributed by atoms with Crippen LogP contribution in [0.2, 0.25) is 0 Å². The Kier molecular flexibility index (Phi) is 5.61. The lowest BCUT2D eigenvalue weighted by molar-refractivity contribution is -0.131. The molecule has 0 radical (unpaired) electrons. The predicted molar refractivity (Wildman–Crippen MR) is 103 cm³/mol. The number of hydrogen-bond acceptors (Lipinski definition) is 4. The summed E-state index contributed by atoms with van der Waals surface area (Å²) >= 11 is 0. The second-order valence-corrected chi connectivity index (χ2v) is 8.70. The molecule has 1 heterocycles. The lowest BCUT2D eigenvalue weighted by atomic mass is 10.2. The molecule has 1 fully saturated rings. The molecule has 26 heavy (non-hydrogen) atoms. The van der Waals surface area contributed by atoms with Crippen molar-refractivity contribution in [2.45, 2.75) is 18.2 Å². The zero-order valence-electron chi connectivity index (χ0n) is 15.0. The van der Waals surface area contributed by atoms with Crippen LogP contribution in [-0.4, -0.2) is 51.2 Å². The van der Waals surface area contributed by atoms with E-state index in [0.29, 0.717) is 13.1 Å². The molecule has 1 aliphatic heterocycles. The molecule has 0 aromatic heterocycles. The first-order valence-corrected chi connectivity index (χ1v) is 10.5. The first kappa shape index (κ1) is 18.5. The van der Waals surface area contributed by atoms with Crippen molar-refractivity contribution >= 4 is 21.4 Å². The lowest BCUT2D eigenvalue weighted by Gasteiger charge is -2.36. The summed E-state index contributed by atoms with van der Waals surface area (Å²) in [6, 6.07) is 16.6. The Morgan fingerprint density at radius 3 is 2.31 bits per heavy atom. The molecule has 0 saturated carbocycles. The van der Waals surface area contributed by atoms with Crippen LogP contribution in [0.4, 0.5) is 5.69 Å². The van der Waals surface area contributed by atoms with Crippen LogP contribution in [0.1, 0.15) is 12.0 Å². The second kappa shape index (κ2) is 7.91. The van der Waals surface area contributed by atoms with Gasteiger partial charge in [-0.15, -0.1) is 0 Å². The van der Waals surface area contributed by atoms with E-state index in [9.17, 15) is 13.2 Å². The minimum atomic E-state index is -3.41. The summed E-state index contributed by atoms with van der Waals surface area (Å²) in [5.41, 5.74) is 2.39. The standard InChI is InChI=1S/C20H24N2O3S/c1-17-6-5-7-18(16-17)21-11-13-22(14-12-21)20(23)10-15-26(24,25)19-8-3-2-4-9-19/h2-9,16H,10-15H2,1H3. The predicted octanol–water partition coefficient (Wildman–Crippen LogP) is 2.51. The fourth-order valence-electron chi connectivity index (χ4n) is 3.16. The molecule has 0 bridgehead atoms. The van der Waals surface area contributed by atoms with E-state index in [0.717, 1.165) is 13.1 Å². The van der Waals surface area contributed by atoms with Crippen LogP contribution in [0, 0.1) is 6.92 Å². The van der Waals surface area contributed by atoms with Gasteiger partial charge in [0.2, 0.25) is 5.91 Å². The minimum absolute atomic E-state index is 0.0294. The fourth-order valence-corrected chi connectivity index (χ4v) is 4.42. The number of piperazine rings is 1. The van der Waals surface area contributed by atoms with Crippen LogP contribution in [0.5, 0.6) is 0 Å². The van der Waals surface area contributed by atoms with E-state index in [1.165, 1.54) is 11.3 Å². The number of aryl methyl sites for hydroxylation is 1. The third-order valence-corrected chi connectivity index (χ3v) is 6.42. The van der Waals surface area contributed by atoms with Gasteiger partial charge >= 0.3 is 0 Å². The van der Waals surface area contributed by atoms with Crippen LogP contribution in [0.15, 0.2) is 59.5 Å². The Hall–Kier alpha value is -2.34. The van der Waals surface area contributed by atoms with E-state index in [1.807, 2.05) is 6.07 Å². The number of nitrogens with zero attached hydrogens (tertiary/aromatic N) is 2. The topological polar surface area (TPSA) is 57.7 Å². The zero-order chi connectivity index (χ0) is 18.6. The molecule has 5 nitrogen and oxygen atoms in total. The van der Waals surface area contributed by atoms with Gasteiger partial charge in [-0.05, 0) is 36.8 Å². The van der Waals surface area contributed by atoms with Crippen molar-refractivity contribution in [2.75, 3.05) is 36.8 Å². The summed E-state index contributed by atoms with van der Waals surface area (Å²) in [6.07, 6.45) is 0.0294. The van der Waals surface area contributed by atoms with Crippen molar-refractivity contribution < 1.29 is 13.2 Å². The highest BCUT2D eigenvalue weighted by Gasteiger charge is 2.23. The molecule has 1 aliphatic rings. The smallest absolute Gasteiger partial charge is 0.223 e. The number of hydrogen-bond donors (Lipinski definition) is 0. The number of rotatable bonds is 5. The van der Waals surface area contributed by atoms with Gasteiger partial charge in [-0.3, -0.25) is 4.79 Å². The molecule has 1 amide bonds. The van der Waals surface area contributed by atoms with Crippen molar-refractivity contribution in [2.24, 2.45) is 0 Å². The number of anilines is 1. The van der Waals surface area contributed by atoms with Crippen LogP contribution in [0.3, 0.4) is 0 Å². The normalized spacial score (nSPS) is 15.1. The molecule has 3 rings (SSSR count). The average molecular weight is 372 g/mol. The van der Waals surface area contributed by atoms with Crippen molar-refractivity contribution in [3.63, 3.8) is 0 Å². The summed E-state index contributed by atoms with van der Waals surface area (Å²) in [5, 5.41) is 0. The van der Waals surface area contributed by atoms with Crippen LogP contribution in [0.25, 0.3) is 0 Å². The second-order valence-electron chi connectivity index (χ2n) is 6.59. The van der Waals surface area contributed by atoms with E-state index in [1.54, 1.807) is 35.2 Å². The summed E-state index contributed by atoms with van der Waals surface area (Å²) in [6.45, 7) is 4.84. The Labute approximate surface area is 155 Å². The Bertz CT molecular complexity index is 858. The van der Waals surface area contributed by atoms with Gasteiger partial charge < -0.3 is 9.80 Å². The third-order valence-electron chi connectivity index (χ3n) is 4.69. The SMILES string of the molecule is Cc1cccc(N2CCN(C(=O)CCS(=O)(=O)c3ccccc3)CC2)c1. The number of carbonyl (C=O) groups excluding carboxylic acids is 1. The lowest BCUT2D eigenvalue weighted by Crippen LogP contribution is -2.49. The molecule has 138 valence electrons. The zero-order valence-corrected chi connectivity index (χ0v) is 15.8. The van der Waals surface area contributed by atoms with Gasteiger partial charge in [0.15, 0.2) is 9.84 Å². The Morgan fingerprint density at radius 1 is 0.962 bits per heavy atom. The van der Waals surface area contributed by atoms with Crippen molar-refractivity contribution in [3.05, 3.63) is 60.2 Å². The van der Waals surface area contributed by atoms with E-state index < -0.39 is 9.84 Å². The molecule has 1 saturated heterocycles. The van der Waals surface area contributed by atoms with Gasteiger partial charge in [-0.2, -0.15) is 0 Å². The summed E-state index contributed by atoms with van der Waals surface area (Å²) in [7, 11) is -3.41. The summed E-state index contributed by atoms with van der Waals surface area (Å²) < 4.78 is 24.6. The van der Waals surface area contributed by atoms with Gasteiger partial charge in [0, 0.05) is 38.3 Å². The monoisotopic (exact) mass is 372 g/mol. The molecule has 6 heteroatoms. The highest BCUT2D eigenvalue weighted by molar-refractivity contribution is 7.91. The number of sulfone groups is 1. The van der Waals surface area contributed by atoms with Crippen LogP contribution >= 0.6 is 0 Å². The van der Waals surface area contributed by atoms with Gasteiger partial charge in [0.05, 0.1) is 10.6 Å². The number of carbonyl (C=O) groups is 1. The van der Waals surface area contributed by atoms with Gasteiger partial charge in [-0.25, -0.2) is 8.42 Å². The number of benzene rings is 2. The molecule has 2 aromatic rings. The first-order valence-electron chi connectivity index (χ1n) is 8.83. The molecule has 2 aromatic carbocycles. The van der Waals surface area contributed by atoms with E-state index in [2.05, 4.69) is 30.0 Å². The van der Waals surface area contributed by atoms with E-state index in [-0.39, 0.29) is 23.0 Å². The molecule has 0 aliphatic carbocycles. The third kappa shape index (κ3) is 4.43. The maximum absolute atomic E-state index is 12.4. The summed E-state index contributed by atoms with van der Waals surface area (Å²) in [4.78, 5) is 16.7. The first-order chi connectivity index (χ1) is 12.5. The molecule has 0 atom stereocenters. The van der Waals surface area contributed by atoms with E-state index in [4.69, 9.17) is 0 Å². The Morgan fingerprint density at radius 2 is 1.65 bits per heavy atom. The van der Waals surface area contributed by atoms with E-state index >= 15 is 0 Å². The Balaban J connectivity index is 1.53. The molecule has 0 unspecified atom stereocenters. The van der Waals surface area contributed by atoms with Gasteiger partial charge in [-0.1, -0.05) is 30.3 Å². The highest BCUT2D eigenvalue weighted by atomic mass is 32.2. The average Bonchev–Trinajstić information content (AvgIpc) is 2.67. The quantitative estimate of drug-likeness (QED) is 0.809. The van der Waals surface area contributed by atoms with Gasteiger partial charge in [0.1, 0.15) is 0 Å².